The van der Waals surface area contributed by atoms with Crippen molar-refractivity contribution in [3.63, 3.8) is 0 Å². The fourth-order valence-corrected chi connectivity index (χ4v) is 6.21. The molecule has 1 aliphatic heterocycles. The van der Waals surface area contributed by atoms with E-state index >= 15 is 0 Å². The van der Waals surface area contributed by atoms with Crippen molar-refractivity contribution in [3.8, 4) is 0 Å². The third-order valence-corrected chi connectivity index (χ3v) is 9.07. The molecule has 0 aromatic heterocycles. The zero-order valence-electron chi connectivity index (χ0n) is 25.6. The van der Waals surface area contributed by atoms with E-state index in [-0.39, 0.29) is 0 Å². The van der Waals surface area contributed by atoms with Gasteiger partial charge in [0.05, 0.1) is 32.7 Å². The lowest BCUT2D eigenvalue weighted by Crippen LogP contribution is -2.59. The van der Waals surface area contributed by atoms with E-state index in [2.05, 4.69) is 49.1 Å². The molecule has 0 bridgehead atoms. The lowest BCUT2D eigenvalue weighted by Gasteiger charge is -2.44. The van der Waals surface area contributed by atoms with Crippen molar-refractivity contribution in [2.45, 2.75) is 149 Å². The number of benzene rings is 1. The van der Waals surface area contributed by atoms with Gasteiger partial charge in [-0.3, -0.25) is 4.79 Å². The smallest absolute Gasteiger partial charge is 0.222 e. The van der Waals surface area contributed by atoms with Crippen LogP contribution >= 0.6 is 0 Å². The number of amides is 1. The Labute approximate surface area is 237 Å². The molecule has 1 saturated heterocycles. The molecular weight excluding hydrogens is 464 g/mol. The van der Waals surface area contributed by atoms with Crippen molar-refractivity contribution in [1.82, 2.24) is 4.90 Å². The highest BCUT2D eigenvalue weighted by Crippen LogP contribution is 2.20. The second-order valence-corrected chi connectivity index (χ2v) is 12.2. The maximum atomic E-state index is 12.8. The topological polar surface area (TPSA) is 20.3 Å². The quantitative estimate of drug-likeness (QED) is 0.102. The van der Waals surface area contributed by atoms with E-state index < -0.39 is 0 Å². The third kappa shape index (κ3) is 14.7. The number of likely N-dealkylation sites (N-methyl/N-ethyl adjacent to an activating group) is 1. The van der Waals surface area contributed by atoms with E-state index in [9.17, 15) is 4.79 Å². The van der Waals surface area contributed by atoms with Crippen LogP contribution in [0.25, 0.3) is 0 Å². The molecule has 0 radical (unpaired) electrons. The van der Waals surface area contributed by atoms with Crippen LogP contribution in [0.15, 0.2) is 30.3 Å². The van der Waals surface area contributed by atoms with Crippen molar-refractivity contribution < 1.29 is 9.28 Å². The summed E-state index contributed by atoms with van der Waals surface area (Å²) in [7, 11) is 0. The molecular formula is C35H63N2O+. The molecule has 3 heteroatoms. The van der Waals surface area contributed by atoms with Crippen molar-refractivity contribution >= 4 is 5.91 Å². The lowest BCUT2D eigenvalue weighted by atomic mass is 10.0. The molecule has 0 spiro atoms. The van der Waals surface area contributed by atoms with E-state index in [1.165, 1.54) is 121 Å². The molecule has 1 fully saturated rings. The molecule has 0 aliphatic carbocycles. The minimum atomic E-state index is 0.394. The van der Waals surface area contributed by atoms with Gasteiger partial charge < -0.3 is 9.38 Å². The first kappa shape index (κ1) is 32.9. The number of rotatable bonds is 23. The first-order valence-electron chi connectivity index (χ1n) is 16.9. The summed E-state index contributed by atoms with van der Waals surface area (Å²) in [5, 5.41) is 0. The first-order chi connectivity index (χ1) is 18.7. The molecule has 1 aromatic carbocycles. The summed E-state index contributed by atoms with van der Waals surface area (Å²) in [4.78, 5) is 14.9. The van der Waals surface area contributed by atoms with Crippen LogP contribution in [-0.2, 0) is 11.3 Å². The van der Waals surface area contributed by atoms with Gasteiger partial charge in [-0.15, -0.1) is 0 Å². The highest BCUT2D eigenvalue weighted by atomic mass is 16.2. The molecule has 1 amide bonds. The number of quaternary nitrogens is 1. The van der Waals surface area contributed by atoms with Gasteiger partial charge in [-0.2, -0.15) is 0 Å². The van der Waals surface area contributed by atoms with Gasteiger partial charge in [0.25, 0.3) is 0 Å². The molecule has 3 nitrogen and oxygen atoms in total. The fraction of sp³-hybridized carbons (Fsp3) is 0.800. The van der Waals surface area contributed by atoms with E-state index in [0.29, 0.717) is 5.91 Å². The van der Waals surface area contributed by atoms with E-state index in [1.54, 1.807) is 0 Å². The number of piperazine rings is 1. The predicted octanol–water partition coefficient (Wildman–Crippen LogP) is 9.69. The zero-order chi connectivity index (χ0) is 27.2. The van der Waals surface area contributed by atoms with Gasteiger partial charge in [0, 0.05) is 12.0 Å². The Bertz CT molecular complexity index is 680. The van der Waals surface area contributed by atoms with Crippen LogP contribution in [0.4, 0.5) is 0 Å². The summed E-state index contributed by atoms with van der Waals surface area (Å²) in [5.41, 5.74) is 1.42. The van der Waals surface area contributed by atoms with Gasteiger partial charge in [-0.25, -0.2) is 0 Å². The molecule has 1 aliphatic rings. The van der Waals surface area contributed by atoms with Crippen LogP contribution < -0.4 is 0 Å². The summed E-state index contributed by atoms with van der Waals surface area (Å²) in [6.45, 7) is 10.9. The SMILES string of the molecule is CCCCCCCCCCCCCCCCCCCCCC(=O)N1CC[N+](CC)(Cc2ccccc2)CC1. The van der Waals surface area contributed by atoms with Gasteiger partial charge >= 0.3 is 0 Å². The minimum absolute atomic E-state index is 0.394. The van der Waals surface area contributed by atoms with Crippen molar-refractivity contribution in [2.75, 3.05) is 32.7 Å². The minimum Gasteiger partial charge on any atom is -0.331 e. The third-order valence-electron chi connectivity index (χ3n) is 9.07. The Morgan fingerprint density at radius 1 is 0.632 bits per heavy atom. The Morgan fingerprint density at radius 3 is 1.47 bits per heavy atom. The van der Waals surface area contributed by atoms with Crippen LogP contribution in [0.3, 0.4) is 0 Å². The van der Waals surface area contributed by atoms with Crippen LogP contribution in [0.2, 0.25) is 0 Å². The van der Waals surface area contributed by atoms with Gasteiger partial charge in [-0.1, -0.05) is 153 Å². The van der Waals surface area contributed by atoms with Gasteiger partial charge in [-0.05, 0) is 13.3 Å². The molecule has 2 rings (SSSR count). The Balaban J connectivity index is 1.36. The normalized spacial score (nSPS) is 15.2. The van der Waals surface area contributed by atoms with Gasteiger partial charge in [0.2, 0.25) is 5.91 Å². The molecule has 1 aromatic rings. The zero-order valence-corrected chi connectivity index (χ0v) is 25.6. The average molecular weight is 528 g/mol. The van der Waals surface area contributed by atoms with Crippen molar-refractivity contribution in [1.29, 1.82) is 0 Å². The van der Waals surface area contributed by atoms with Crippen LogP contribution in [-0.4, -0.2) is 48.0 Å². The maximum Gasteiger partial charge on any atom is 0.222 e. The predicted molar refractivity (Wildman–Crippen MR) is 165 cm³/mol. The van der Waals surface area contributed by atoms with Gasteiger partial charge in [0.1, 0.15) is 6.54 Å². The Kier molecular flexibility index (Phi) is 18.6. The monoisotopic (exact) mass is 527 g/mol. The molecule has 0 saturated carbocycles. The van der Waals surface area contributed by atoms with Crippen molar-refractivity contribution in [2.24, 2.45) is 0 Å². The van der Waals surface area contributed by atoms with Crippen LogP contribution in [0.1, 0.15) is 148 Å². The number of hydrogen-bond acceptors (Lipinski definition) is 1. The van der Waals surface area contributed by atoms with E-state index in [0.717, 1.165) is 56.6 Å². The largest absolute Gasteiger partial charge is 0.331 e. The summed E-state index contributed by atoms with van der Waals surface area (Å²) >= 11 is 0. The number of nitrogens with zero attached hydrogens (tertiary/aromatic N) is 2. The van der Waals surface area contributed by atoms with Crippen molar-refractivity contribution in [3.05, 3.63) is 35.9 Å². The van der Waals surface area contributed by atoms with Crippen LogP contribution in [0.5, 0.6) is 0 Å². The first-order valence-corrected chi connectivity index (χ1v) is 16.9. The Hall–Kier alpha value is -1.35. The fourth-order valence-electron chi connectivity index (χ4n) is 6.21. The summed E-state index contributed by atoms with van der Waals surface area (Å²) < 4.78 is 1.12. The lowest BCUT2D eigenvalue weighted by molar-refractivity contribution is -0.942. The molecule has 0 unspecified atom stereocenters. The average Bonchev–Trinajstić information content (AvgIpc) is 2.95. The number of carbonyl (C=O) groups is 1. The van der Waals surface area contributed by atoms with E-state index in [1.807, 2.05) is 0 Å². The standard InChI is InChI=1S/C35H63N2O/c1-3-5-6-7-8-9-10-11-12-13-14-15-16-17-18-19-20-21-25-28-35(38)36-29-31-37(4-2,32-30-36)33-34-26-23-22-24-27-34/h22-24,26-27H,3-21,25,28-33H2,1-2H3/q+1. The molecule has 38 heavy (non-hydrogen) atoms. The second-order valence-electron chi connectivity index (χ2n) is 12.2. The van der Waals surface area contributed by atoms with E-state index in [4.69, 9.17) is 0 Å². The maximum absolute atomic E-state index is 12.8. The van der Waals surface area contributed by atoms with Crippen LogP contribution in [0, 0.1) is 0 Å². The second kappa shape index (κ2) is 21.5. The van der Waals surface area contributed by atoms with Gasteiger partial charge in [0.15, 0.2) is 0 Å². The Morgan fingerprint density at radius 2 is 1.05 bits per heavy atom. The summed E-state index contributed by atoms with van der Waals surface area (Å²) in [6, 6.07) is 10.9. The number of unbranched alkanes of at least 4 members (excludes halogenated alkanes) is 18. The highest BCUT2D eigenvalue weighted by molar-refractivity contribution is 5.76. The number of hydrogen-bond donors (Lipinski definition) is 0. The molecule has 218 valence electrons. The molecule has 0 N–H and O–H groups in total. The summed E-state index contributed by atoms with van der Waals surface area (Å²) in [6.07, 6.45) is 27.2. The molecule has 1 heterocycles. The molecule has 0 atom stereocenters. The highest BCUT2D eigenvalue weighted by Gasteiger charge is 2.33. The summed E-state index contributed by atoms with van der Waals surface area (Å²) in [5.74, 6) is 0.394. The number of carbonyl (C=O) groups excluding carboxylic acids is 1.